The van der Waals surface area contributed by atoms with Crippen molar-refractivity contribution < 1.29 is 9.59 Å². The molecule has 1 heterocycles. The maximum absolute atomic E-state index is 12.0. The summed E-state index contributed by atoms with van der Waals surface area (Å²) in [5.41, 5.74) is 1.08. The van der Waals surface area contributed by atoms with Crippen LogP contribution in [0.2, 0.25) is 0 Å². The topological polar surface area (TPSA) is 39.1 Å². The van der Waals surface area contributed by atoms with E-state index in [0.717, 1.165) is 6.29 Å². The highest BCUT2D eigenvalue weighted by Crippen LogP contribution is 2.17. The molecule has 0 aliphatic rings. The number of hydrogen-bond donors (Lipinski definition) is 0. The Morgan fingerprint density at radius 2 is 1.88 bits per heavy atom. The predicted octanol–water partition coefficient (Wildman–Crippen LogP) is 2.59. The highest BCUT2D eigenvalue weighted by Gasteiger charge is 2.13. The van der Waals surface area contributed by atoms with E-state index in [2.05, 4.69) is 0 Å². The average Bonchev–Trinajstić information content (AvgIpc) is 2.82. The fourth-order valence-corrected chi connectivity index (χ4v) is 2.13. The predicted molar refractivity (Wildman–Crippen MR) is 68.7 cm³/mol. The molecule has 2 aromatic rings. The van der Waals surface area contributed by atoms with Gasteiger partial charge in [-0.3, -0.25) is 14.2 Å². The van der Waals surface area contributed by atoms with Gasteiger partial charge in [-0.1, -0.05) is 12.1 Å². The molecule has 0 atom stereocenters. The minimum Gasteiger partial charge on any atom is -0.298 e. The summed E-state index contributed by atoms with van der Waals surface area (Å²) >= 11 is 2.02. The van der Waals surface area contributed by atoms with Crippen LogP contribution in [-0.4, -0.2) is 16.8 Å². The van der Waals surface area contributed by atoms with Crippen molar-refractivity contribution >= 4 is 34.8 Å². The molecule has 0 spiro atoms. The van der Waals surface area contributed by atoms with Gasteiger partial charge in [-0.05, 0) is 40.8 Å². The van der Waals surface area contributed by atoms with Gasteiger partial charge in [-0.2, -0.15) is 0 Å². The maximum Gasteiger partial charge on any atom is 0.262 e. The van der Waals surface area contributed by atoms with Crippen molar-refractivity contribution in [2.75, 3.05) is 0 Å². The Bertz CT molecular complexity index is 532. The lowest BCUT2D eigenvalue weighted by Gasteiger charge is -2.05. The molecule has 1 aromatic carbocycles. The molecule has 0 saturated heterocycles. The van der Waals surface area contributed by atoms with Crippen LogP contribution in [0, 0.1) is 3.57 Å². The van der Waals surface area contributed by atoms with Gasteiger partial charge < -0.3 is 0 Å². The molecule has 0 amide bonds. The summed E-state index contributed by atoms with van der Waals surface area (Å²) in [5.74, 6) is -0.127. The molecule has 0 aliphatic heterocycles. The van der Waals surface area contributed by atoms with Gasteiger partial charge in [0, 0.05) is 21.5 Å². The highest BCUT2D eigenvalue weighted by molar-refractivity contribution is 14.1. The number of carbonyl (C=O) groups excluding carboxylic acids is 2. The number of halogens is 1. The van der Waals surface area contributed by atoms with Crippen LogP contribution in [0.4, 0.5) is 0 Å². The lowest BCUT2D eigenvalue weighted by Crippen LogP contribution is -2.12. The average molecular weight is 325 g/mol. The number of nitrogens with zero attached hydrogens (tertiary/aromatic N) is 1. The van der Waals surface area contributed by atoms with E-state index in [4.69, 9.17) is 0 Å². The molecule has 3 nitrogen and oxygen atoms in total. The molecule has 4 heteroatoms. The van der Waals surface area contributed by atoms with Gasteiger partial charge in [0.2, 0.25) is 0 Å². The zero-order chi connectivity index (χ0) is 11.5. The molecular formula is C12H8INO2. The zero-order valence-electron chi connectivity index (χ0n) is 8.26. The van der Waals surface area contributed by atoms with Crippen LogP contribution in [0.1, 0.15) is 20.7 Å². The molecule has 2 rings (SSSR count). The Hall–Kier alpha value is -1.43. The highest BCUT2D eigenvalue weighted by atomic mass is 127. The summed E-state index contributed by atoms with van der Waals surface area (Å²) in [6.45, 7) is 0. The normalized spacial score (nSPS) is 10.1. The number of hydrogen-bond acceptors (Lipinski definition) is 2. The molecule has 80 valence electrons. The fourth-order valence-electron chi connectivity index (χ4n) is 1.42. The number of benzene rings is 1. The number of aromatic nitrogens is 1. The number of carbonyl (C=O) groups is 2. The van der Waals surface area contributed by atoms with Crippen LogP contribution in [0.3, 0.4) is 0 Å². The molecule has 0 unspecified atom stereocenters. The molecule has 0 aliphatic carbocycles. The first-order valence-corrected chi connectivity index (χ1v) is 5.73. The van der Waals surface area contributed by atoms with Crippen LogP contribution in [-0.2, 0) is 0 Å². The first-order chi connectivity index (χ1) is 7.74. The summed E-state index contributed by atoms with van der Waals surface area (Å²) in [6, 6.07) is 8.70. The smallest absolute Gasteiger partial charge is 0.262 e. The van der Waals surface area contributed by atoms with Crippen molar-refractivity contribution in [2.24, 2.45) is 0 Å². The van der Waals surface area contributed by atoms with Crippen LogP contribution < -0.4 is 0 Å². The first kappa shape index (κ1) is 11.1. The second-order valence-corrected chi connectivity index (χ2v) is 4.30. The molecule has 1 aromatic heterocycles. The minimum absolute atomic E-state index is 0.127. The van der Waals surface area contributed by atoms with Crippen LogP contribution in [0.25, 0.3) is 0 Å². The molecule has 0 radical (unpaired) electrons. The van der Waals surface area contributed by atoms with Gasteiger partial charge in [0.15, 0.2) is 6.29 Å². The van der Waals surface area contributed by atoms with Crippen LogP contribution in [0.5, 0.6) is 0 Å². The van der Waals surface area contributed by atoms with Crippen LogP contribution >= 0.6 is 22.6 Å². The van der Waals surface area contributed by atoms with Gasteiger partial charge >= 0.3 is 0 Å². The van der Waals surface area contributed by atoms with Crippen molar-refractivity contribution in [1.29, 1.82) is 0 Å². The van der Waals surface area contributed by atoms with E-state index in [1.807, 2.05) is 22.6 Å². The van der Waals surface area contributed by atoms with E-state index < -0.39 is 0 Å². The van der Waals surface area contributed by atoms with Crippen molar-refractivity contribution in [3.8, 4) is 0 Å². The first-order valence-electron chi connectivity index (χ1n) is 4.65. The van der Waals surface area contributed by atoms with E-state index in [1.54, 1.807) is 42.7 Å². The molecular weight excluding hydrogens is 317 g/mol. The largest absolute Gasteiger partial charge is 0.298 e. The third kappa shape index (κ3) is 1.92. The standard InChI is InChI=1S/C12H8INO2/c13-11-9(8-15)4-3-5-10(11)12(16)14-6-1-2-7-14/h1-8H. The summed E-state index contributed by atoms with van der Waals surface area (Å²) in [4.78, 5) is 22.8. The van der Waals surface area contributed by atoms with Crippen molar-refractivity contribution in [1.82, 2.24) is 4.57 Å². The van der Waals surface area contributed by atoms with Crippen molar-refractivity contribution in [3.05, 3.63) is 57.4 Å². The van der Waals surface area contributed by atoms with Crippen molar-refractivity contribution in [3.63, 3.8) is 0 Å². The number of rotatable bonds is 2. The fraction of sp³-hybridized carbons (Fsp3) is 0. The van der Waals surface area contributed by atoms with Crippen LogP contribution in [0.15, 0.2) is 42.7 Å². The Balaban J connectivity index is 2.49. The SMILES string of the molecule is O=Cc1cccc(C(=O)n2cccc2)c1I. The van der Waals surface area contributed by atoms with Gasteiger partial charge in [-0.15, -0.1) is 0 Å². The summed E-state index contributed by atoms with van der Waals surface area (Å²) < 4.78 is 2.18. The zero-order valence-corrected chi connectivity index (χ0v) is 10.4. The van der Waals surface area contributed by atoms with E-state index in [9.17, 15) is 9.59 Å². The van der Waals surface area contributed by atoms with Gasteiger partial charge in [0.05, 0.1) is 5.56 Å². The van der Waals surface area contributed by atoms with Gasteiger partial charge in [0.25, 0.3) is 5.91 Å². The van der Waals surface area contributed by atoms with Gasteiger partial charge in [0.1, 0.15) is 0 Å². The second-order valence-electron chi connectivity index (χ2n) is 3.22. The molecule has 0 saturated carbocycles. The molecule has 0 bridgehead atoms. The Labute approximate surface area is 106 Å². The summed E-state index contributed by atoms with van der Waals surface area (Å²) in [5, 5.41) is 0. The van der Waals surface area contributed by atoms with Gasteiger partial charge in [-0.25, -0.2) is 0 Å². The second kappa shape index (κ2) is 4.61. The van der Waals surface area contributed by atoms with E-state index in [-0.39, 0.29) is 5.91 Å². The van der Waals surface area contributed by atoms with E-state index in [0.29, 0.717) is 14.7 Å². The quantitative estimate of drug-likeness (QED) is 0.629. The Kier molecular flexibility index (Phi) is 3.19. The summed E-state index contributed by atoms with van der Waals surface area (Å²) in [7, 11) is 0. The van der Waals surface area contributed by atoms with Crippen molar-refractivity contribution in [2.45, 2.75) is 0 Å². The third-order valence-corrected chi connectivity index (χ3v) is 3.43. The third-order valence-electron chi connectivity index (χ3n) is 2.22. The lowest BCUT2D eigenvalue weighted by atomic mass is 10.1. The monoisotopic (exact) mass is 325 g/mol. The Morgan fingerprint density at radius 3 is 2.50 bits per heavy atom. The molecule has 0 fully saturated rings. The molecule has 0 N–H and O–H groups in total. The molecule has 16 heavy (non-hydrogen) atoms. The Morgan fingerprint density at radius 1 is 1.19 bits per heavy atom. The van der Waals surface area contributed by atoms with E-state index in [1.165, 1.54) is 4.57 Å². The number of aldehydes is 1. The van der Waals surface area contributed by atoms with E-state index >= 15 is 0 Å². The minimum atomic E-state index is -0.127. The summed E-state index contributed by atoms with van der Waals surface area (Å²) in [6.07, 6.45) is 4.13. The lowest BCUT2D eigenvalue weighted by molar-refractivity contribution is 0.0959. The maximum atomic E-state index is 12.0.